The minimum absolute atomic E-state index is 0.0231. The van der Waals surface area contributed by atoms with Gasteiger partial charge in [-0.1, -0.05) is 65.9 Å². The molecule has 28 heavy (non-hydrogen) atoms. The molecule has 0 spiro atoms. The number of nitrogens with one attached hydrogen (secondary N) is 1. The van der Waals surface area contributed by atoms with E-state index in [1.165, 1.54) is 11.0 Å². The first kappa shape index (κ1) is 20.4. The number of carbonyl (C=O) groups is 2. The number of rotatable bonds is 6. The lowest BCUT2D eigenvalue weighted by atomic mass is 10.2. The number of hydrogen-bond donors (Lipinski definition) is 2. The topological polar surface area (TPSA) is 69.6 Å². The number of amides is 2. The predicted molar refractivity (Wildman–Crippen MR) is 116 cm³/mol. The fraction of sp³-hybridized carbons (Fsp3) is 0.150. The third-order valence-corrected chi connectivity index (χ3v) is 5.66. The lowest BCUT2D eigenvalue weighted by Gasteiger charge is -2.14. The van der Waals surface area contributed by atoms with Crippen molar-refractivity contribution in [3.05, 3.63) is 69.6 Å². The molecule has 1 aliphatic rings. The van der Waals surface area contributed by atoms with Crippen LogP contribution in [0.4, 0.5) is 0 Å². The lowest BCUT2D eigenvalue weighted by Crippen LogP contribution is -2.33. The Hall–Kier alpha value is -2.35. The fourth-order valence-corrected chi connectivity index (χ4v) is 4.05. The average molecular weight is 433 g/mol. The van der Waals surface area contributed by atoms with Crippen molar-refractivity contribution in [1.29, 1.82) is 0 Å². The van der Waals surface area contributed by atoms with Gasteiger partial charge in [0.25, 0.3) is 5.91 Å². The van der Waals surface area contributed by atoms with E-state index in [4.69, 9.17) is 23.8 Å². The number of hydrogen-bond acceptors (Lipinski definition) is 5. The normalized spacial score (nSPS) is 15.3. The van der Waals surface area contributed by atoms with Crippen molar-refractivity contribution < 1.29 is 14.7 Å². The number of halogens is 1. The molecular weight excluding hydrogens is 416 g/mol. The Balaban J connectivity index is 1.58. The number of nitrogens with zero attached hydrogens (tertiary/aromatic N) is 1. The first-order valence-electron chi connectivity index (χ1n) is 8.48. The number of carbonyl (C=O) groups excluding carboxylic acids is 2. The summed E-state index contributed by atoms with van der Waals surface area (Å²) >= 11 is 12.3. The molecule has 2 N–H and O–H groups in total. The third kappa shape index (κ3) is 5.13. The second kappa shape index (κ2) is 9.23. The third-order valence-electron chi connectivity index (χ3n) is 4.04. The van der Waals surface area contributed by atoms with Crippen LogP contribution in [0.3, 0.4) is 0 Å². The Kier molecular flexibility index (Phi) is 6.72. The molecule has 1 saturated heterocycles. The van der Waals surface area contributed by atoms with Gasteiger partial charge < -0.3 is 10.4 Å². The van der Waals surface area contributed by atoms with E-state index >= 15 is 0 Å². The molecular formula is C20H17ClN2O3S2. The van der Waals surface area contributed by atoms with E-state index in [9.17, 15) is 14.7 Å². The summed E-state index contributed by atoms with van der Waals surface area (Å²) < 4.78 is 0.383. The molecule has 5 nitrogen and oxygen atoms in total. The van der Waals surface area contributed by atoms with Gasteiger partial charge in [0.1, 0.15) is 10.1 Å². The van der Waals surface area contributed by atoms with E-state index in [2.05, 4.69) is 5.32 Å². The van der Waals surface area contributed by atoms with Crippen molar-refractivity contribution in [1.82, 2.24) is 10.2 Å². The SMILES string of the molecule is O=C(CCN1C(=O)/C(=C/c2cc(Cl)ccc2O)SC1=S)NCc1ccccc1. The van der Waals surface area contributed by atoms with Crippen LogP contribution in [0.15, 0.2) is 53.4 Å². The van der Waals surface area contributed by atoms with Crippen LogP contribution in [-0.4, -0.2) is 32.7 Å². The number of thioether (sulfide) groups is 1. The van der Waals surface area contributed by atoms with Gasteiger partial charge >= 0.3 is 0 Å². The van der Waals surface area contributed by atoms with Crippen molar-refractivity contribution in [2.45, 2.75) is 13.0 Å². The van der Waals surface area contributed by atoms with Crippen molar-refractivity contribution in [3.63, 3.8) is 0 Å². The maximum Gasteiger partial charge on any atom is 0.266 e. The summed E-state index contributed by atoms with van der Waals surface area (Å²) in [4.78, 5) is 26.5. The van der Waals surface area contributed by atoms with Crippen LogP contribution in [-0.2, 0) is 16.1 Å². The maximum absolute atomic E-state index is 12.6. The minimum atomic E-state index is -0.287. The van der Waals surface area contributed by atoms with Gasteiger partial charge in [-0.05, 0) is 29.8 Å². The fourth-order valence-electron chi connectivity index (χ4n) is 2.57. The summed E-state index contributed by atoms with van der Waals surface area (Å²) in [6, 6.07) is 14.2. The quantitative estimate of drug-likeness (QED) is 0.534. The van der Waals surface area contributed by atoms with Crippen LogP contribution in [0.5, 0.6) is 5.75 Å². The Morgan fingerprint density at radius 1 is 1.25 bits per heavy atom. The van der Waals surface area contributed by atoms with E-state index in [0.29, 0.717) is 26.4 Å². The average Bonchev–Trinajstić information content (AvgIpc) is 2.95. The molecule has 0 aliphatic carbocycles. The zero-order valence-electron chi connectivity index (χ0n) is 14.7. The van der Waals surface area contributed by atoms with Crippen LogP contribution in [0.1, 0.15) is 17.5 Å². The lowest BCUT2D eigenvalue weighted by molar-refractivity contribution is -0.123. The highest BCUT2D eigenvalue weighted by Gasteiger charge is 2.32. The molecule has 1 heterocycles. The molecule has 2 aromatic rings. The molecule has 144 valence electrons. The number of thiocarbonyl (C=S) groups is 1. The largest absolute Gasteiger partial charge is 0.507 e. The summed E-state index contributed by atoms with van der Waals surface area (Å²) in [5.74, 6) is -0.422. The smallest absolute Gasteiger partial charge is 0.266 e. The van der Waals surface area contributed by atoms with Gasteiger partial charge in [-0.15, -0.1) is 0 Å². The summed E-state index contributed by atoms with van der Waals surface area (Å²) in [5.41, 5.74) is 1.44. The van der Waals surface area contributed by atoms with Crippen LogP contribution < -0.4 is 5.32 Å². The molecule has 2 aromatic carbocycles. The van der Waals surface area contributed by atoms with E-state index in [1.807, 2.05) is 30.3 Å². The van der Waals surface area contributed by atoms with E-state index in [-0.39, 0.29) is 30.5 Å². The minimum Gasteiger partial charge on any atom is -0.507 e. The number of aromatic hydroxyl groups is 1. The standard InChI is InChI=1S/C20H17ClN2O3S2/c21-15-6-7-16(24)14(10-15)11-17-19(26)23(20(27)28-17)9-8-18(25)22-12-13-4-2-1-3-5-13/h1-7,10-11,24H,8-9,12H2,(H,22,25)/b17-11-. The van der Waals surface area contributed by atoms with Crippen LogP contribution in [0, 0.1) is 0 Å². The van der Waals surface area contributed by atoms with Gasteiger partial charge in [0.15, 0.2) is 0 Å². The Labute approximate surface area is 177 Å². The molecule has 0 saturated carbocycles. The Morgan fingerprint density at radius 2 is 2.00 bits per heavy atom. The van der Waals surface area contributed by atoms with Gasteiger partial charge in [-0.25, -0.2) is 0 Å². The van der Waals surface area contributed by atoms with Gasteiger partial charge in [0.2, 0.25) is 5.91 Å². The number of phenols is 1. The molecule has 0 atom stereocenters. The number of phenolic OH excluding ortho intramolecular Hbond substituents is 1. The van der Waals surface area contributed by atoms with Crippen LogP contribution >= 0.6 is 35.6 Å². The molecule has 0 unspecified atom stereocenters. The molecule has 3 rings (SSSR count). The van der Waals surface area contributed by atoms with Gasteiger partial charge in [0, 0.05) is 30.1 Å². The monoisotopic (exact) mass is 432 g/mol. The summed E-state index contributed by atoms with van der Waals surface area (Å²) in [5, 5.41) is 13.2. The van der Waals surface area contributed by atoms with Gasteiger partial charge in [-0.3, -0.25) is 14.5 Å². The zero-order chi connectivity index (χ0) is 20.1. The highest BCUT2D eigenvalue weighted by atomic mass is 35.5. The molecule has 0 bridgehead atoms. The van der Waals surface area contributed by atoms with Crippen molar-refractivity contribution in [2.75, 3.05) is 6.54 Å². The van der Waals surface area contributed by atoms with Crippen LogP contribution in [0.2, 0.25) is 5.02 Å². The predicted octanol–water partition coefficient (Wildman–Crippen LogP) is 3.95. The van der Waals surface area contributed by atoms with E-state index < -0.39 is 0 Å². The molecule has 1 aliphatic heterocycles. The Morgan fingerprint density at radius 3 is 2.75 bits per heavy atom. The molecule has 2 amide bonds. The first-order chi connectivity index (χ1) is 13.4. The van der Waals surface area contributed by atoms with Crippen LogP contribution in [0.25, 0.3) is 6.08 Å². The second-order valence-electron chi connectivity index (χ2n) is 6.05. The van der Waals surface area contributed by atoms with E-state index in [1.54, 1.807) is 18.2 Å². The van der Waals surface area contributed by atoms with Crippen molar-refractivity contribution in [2.24, 2.45) is 0 Å². The van der Waals surface area contributed by atoms with Crippen molar-refractivity contribution in [3.8, 4) is 5.75 Å². The molecule has 0 aromatic heterocycles. The summed E-state index contributed by atoms with van der Waals surface area (Å²) in [6.45, 7) is 0.635. The highest BCUT2D eigenvalue weighted by molar-refractivity contribution is 8.26. The van der Waals surface area contributed by atoms with Crippen molar-refractivity contribution >= 4 is 57.8 Å². The maximum atomic E-state index is 12.6. The Bertz CT molecular complexity index is 948. The molecule has 1 fully saturated rings. The van der Waals surface area contributed by atoms with Gasteiger partial charge in [-0.2, -0.15) is 0 Å². The molecule has 8 heteroatoms. The number of benzene rings is 2. The second-order valence-corrected chi connectivity index (χ2v) is 8.16. The summed E-state index contributed by atoms with van der Waals surface area (Å²) in [7, 11) is 0. The van der Waals surface area contributed by atoms with Gasteiger partial charge in [0.05, 0.1) is 4.91 Å². The highest BCUT2D eigenvalue weighted by Crippen LogP contribution is 2.34. The summed E-state index contributed by atoms with van der Waals surface area (Å²) in [6.07, 6.45) is 1.70. The first-order valence-corrected chi connectivity index (χ1v) is 10.1. The van der Waals surface area contributed by atoms with E-state index in [0.717, 1.165) is 17.3 Å². The molecule has 0 radical (unpaired) electrons. The zero-order valence-corrected chi connectivity index (χ0v) is 17.1.